The summed E-state index contributed by atoms with van der Waals surface area (Å²) in [7, 11) is 0. The Hall–Kier alpha value is -3.02. The third-order valence-electron chi connectivity index (χ3n) is 4.91. The van der Waals surface area contributed by atoms with Crippen LogP contribution in [0.3, 0.4) is 0 Å². The van der Waals surface area contributed by atoms with Crippen LogP contribution in [-0.4, -0.2) is 52.9 Å². The van der Waals surface area contributed by atoms with E-state index in [1.54, 1.807) is 0 Å². The second-order valence-corrected chi connectivity index (χ2v) is 11.7. The number of rotatable bonds is 2. The minimum Gasteiger partial charge on any atom is -0.443 e. The first kappa shape index (κ1) is 30.2. The number of ether oxygens (including phenoxy) is 4. The molecule has 3 atom stereocenters. The van der Waals surface area contributed by atoms with E-state index in [-0.39, 0.29) is 5.01 Å². The fraction of sp³-hybridized carbons (Fsp3) is 0.640. The molecule has 2 rings (SSSR count). The normalized spacial score (nSPS) is 23.1. The fourth-order valence-electron chi connectivity index (χ4n) is 3.46. The molecule has 0 bridgehead atoms. The molecule has 0 unspecified atom stereocenters. The smallest absolute Gasteiger partial charge is 0.430 e. The lowest BCUT2D eigenvalue weighted by Gasteiger charge is -2.51. The third kappa shape index (κ3) is 7.06. The zero-order valence-corrected chi connectivity index (χ0v) is 22.5. The Morgan fingerprint density at radius 1 is 0.919 bits per heavy atom. The summed E-state index contributed by atoms with van der Waals surface area (Å²) in [4.78, 5) is 39.3. The van der Waals surface area contributed by atoms with Crippen molar-refractivity contribution >= 4 is 18.2 Å². The van der Waals surface area contributed by atoms with Crippen molar-refractivity contribution in [1.82, 2.24) is 10.4 Å². The van der Waals surface area contributed by atoms with E-state index in [4.69, 9.17) is 18.9 Å². The zero-order valence-electron chi connectivity index (χ0n) is 22.5. The van der Waals surface area contributed by atoms with Crippen LogP contribution in [0.5, 0.6) is 0 Å². The number of cyclic esters (lactones) is 1. The molecule has 1 aliphatic heterocycles. The molecule has 0 saturated carbocycles. The Balaban J connectivity index is 2.81. The molecule has 9 nitrogen and oxygen atoms in total. The lowest BCUT2D eigenvalue weighted by atomic mass is 9.82. The lowest BCUT2D eigenvalue weighted by molar-refractivity contribution is -0.375. The molecular formula is C25H35F3N2O7. The van der Waals surface area contributed by atoms with Crippen molar-refractivity contribution < 1.29 is 46.5 Å². The Bertz CT molecular complexity index is 995. The van der Waals surface area contributed by atoms with Crippen LogP contribution in [0, 0.1) is 5.41 Å². The van der Waals surface area contributed by atoms with Gasteiger partial charge in [-0.05, 0) is 47.1 Å². The number of hydrogen-bond acceptors (Lipinski definition) is 7. The summed E-state index contributed by atoms with van der Waals surface area (Å²) in [6.45, 7) is 13.5. The highest BCUT2D eigenvalue weighted by Gasteiger charge is 2.71. The summed E-state index contributed by atoms with van der Waals surface area (Å²) in [5.41, 5.74) is -5.34. The highest BCUT2D eigenvalue weighted by atomic mass is 19.4. The molecule has 1 heterocycles. The molecule has 208 valence electrons. The number of amides is 2. The maximum Gasteiger partial charge on any atom is 0.430 e. The lowest BCUT2D eigenvalue weighted by Crippen LogP contribution is -2.72. The summed E-state index contributed by atoms with van der Waals surface area (Å²) in [6, 6.07) is 3.79. The van der Waals surface area contributed by atoms with Gasteiger partial charge in [0.2, 0.25) is 11.9 Å². The van der Waals surface area contributed by atoms with Crippen LogP contribution >= 0.6 is 0 Å². The molecule has 2 amide bonds. The first-order valence-electron chi connectivity index (χ1n) is 11.6. The number of alkyl halides is 3. The Labute approximate surface area is 214 Å². The summed E-state index contributed by atoms with van der Waals surface area (Å²) in [5.74, 6) is -1.46. The van der Waals surface area contributed by atoms with Crippen LogP contribution < -0.4 is 5.43 Å². The van der Waals surface area contributed by atoms with Gasteiger partial charge < -0.3 is 18.9 Å². The highest BCUT2D eigenvalue weighted by molar-refractivity contribution is 5.85. The Morgan fingerprint density at radius 2 is 1.43 bits per heavy atom. The number of nitrogens with one attached hydrogen (secondary N) is 1. The van der Waals surface area contributed by atoms with E-state index in [1.807, 2.05) is 5.43 Å². The molecule has 37 heavy (non-hydrogen) atoms. The molecule has 0 radical (unpaired) electrons. The number of halogens is 3. The standard InChI is InChI=1S/C25H35F3N2O7/c1-21(2,3)18-34-17(31)16(24(35-18,25(26,27)28)15-13-11-10-12-14-15)30(20(33)37-23(7,8)9)29-19(32)36-22(4,5)6/h10-14,16,18H,1-9H3,(H,29,32)/t16-,18-,24-/m0/s1. The maximum atomic E-state index is 15.2. The molecule has 1 aromatic carbocycles. The van der Waals surface area contributed by atoms with Gasteiger partial charge in [-0.2, -0.15) is 18.2 Å². The fourth-order valence-corrected chi connectivity index (χ4v) is 3.46. The van der Waals surface area contributed by atoms with Crippen LogP contribution in [0.25, 0.3) is 0 Å². The van der Waals surface area contributed by atoms with Crippen LogP contribution in [0.4, 0.5) is 22.8 Å². The average molecular weight is 533 g/mol. The zero-order chi connectivity index (χ0) is 28.6. The molecule has 1 aliphatic rings. The SMILES string of the molecule is CC(C)(C)OC(=O)NN(C(=O)OC(C)(C)C)[C@H]1C(=O)O[C@H](C(C)(C)C)O[C@]1(c1ccccc1)C(F)(F)F. The summed E-state index contributed by atoms with van der Waals surface area (Å²) in [6.07, 6.45) is -9.69. The minimum atomic E-state index is -5.28. The van der Waals surface area contributed by atoms with Crippen LogP contribution in [0.1, 0.15) is 67.9 Å². The van der Waals surface area contributed by atoms with Gasteiger partial charge in [0, 0.05) is 5.41 Å². The monoisotopic (exact) mass is 532 g/mol. The topological polar surface area (TPSA) is 103 Å². The highest BCUT2D eigenvalue weighted by Crippen LogP contribution is 2.51. The van der Waals surface area contributed by atoms with Gasteiger partial charge in [-0.1, -0.05) is 51.1 Å². The van der Waals surface area contributed by atoms with Crippen LogP contribution in [-0.2, 0) is 29.3 Å². The van der Waals surface area contributed by atoms with E-state index >= 15 is 13.2 Å². The van der Waals surface area contributed by atoms with E-state index in [9.17, 15) is 14.4 Å². The second-order valence-electron chi connectivity index (χ2n) is 11.7. The summed E-state index contributed by atoms with van der Waals surface area (Å²) >= 11 is 0. The van der Waals surface area contributed by atoms with Gasteiger partial charge in [0.05, 0.1) is 0 Å². The van der Waals surface area contributed by atoms with E-state index in [0.717, 1.165) is 12.1 Å². The van der Waals surface area contributed by atoms with E-state index < -0.39 is 64.4 Å². The second kappa shape index (κ2) is 10.0. The molecule has 0 aromatic heterocycles. The molecule has 1 aromatic rings. The number of benzene rings is 1. The summed E-state index contributed by atoms with van der Waals surface area (Å²) < 4.78 is 66.8. The first-order valence-corrected chi connectivity index (χ1v) is 11.6. The number of esters is 1. The molecule has 1 fully saturated rings. The van der Waals surface area contributed by atoms with Gasteiger partial charge in [0.15, 0.2) is 6.04 Å². The molecular weight excluding hydrogens is 497 g/mol. The van der Waals surface area contributed by atoms with Crippen molar-refractivity contribution in [3.8, 4) is 0 Å². The average Bonchev–Trinajstić information content (AvgIpc) is 2.68. The van der Waals surface area contributed by atoms with Crippen LogP contribution in [0.15, 0.2) is 30.3 Å². The predicted octanol–water partition coefficient (Wildman–Crippen LogP) is 5.44. The Kier molecular flexibility index (Phi) is 8.19. The number of hydrazine groups is 1. The first-order chi connectivity index (χ1) is 16.6. The molecule has 1 N–H and O–H groups in total. The largest absolute Gasteiger partial charge is 0.443 e. The summed E-state index contributed by atoms with van der Waals surface area (Å²) in [5, 5.41) is 0.126. The van der Waals surface area contributed by atoms with Gasteiger partial charge >= 0.3 is 24.3 Å². The molecule has 0 spiro atoms. The quantitative estimate of drug-likeness (QED) is 0.308. The van der Waals surface area contributed by atoms with Gasteiger partial charge in [0.1, 0.15) is 11.2 Å². The van der Waals surface area contributed by atoms with E-state index in [0.29, 0.717) is 0 Å². The maximum absolute atomic E-state index is 15.2. The van der Waals surface area contributed by atoms with E-state index in [1.165, 1.54) is 80.5 Å². The number of hydrogen-bond donors (Lipinski definition) is 1. The van der Waals surface area contributed by atoms with Gasteiger partial charge in [-0.25, -0.2) is 19.8 Å². The van der Waals surface area contributed by atoms with Crippen molar-refractivity contribution in [1.29, 1.82) is 0 Å². The van der Waals surface area contributed by atoms with Gasteiger partial charge in [-0.15, -0.1) is 0 Å². The minimum absolute atomic E-state index is 0.126. The predicted molar refractivity (Wildman–Crippen MR) is 126 cm³/mol. The van der Waals surface area contributed by atoms with Crippen molar-refractivity contribution in [2.45, 2.75) is 97.6 Å². The van der Waals surface area contributed by atoms with Crippen LogP contribution in [0.2, 0.25) is 0 Å². The van der Waals surface area contributed by atoms with Crippen molar-refractivity contribution in [2.75, 3.05) is 0 Å². The third-order valence-corrected chi connectivity index (χ3v) is 4.91. The van der Waals surface area contributed by atoms with E-state index in [2.05, 4.69) is 0 Å². The van der Waals surface area contributed by atoms with Crippen molar-refractivity contribution in [3.05, 3.63) is 35.9 Å². The van der Waals surface area contributed by atoms with Gasteiger partial charge in [0.25, 0.3) is 0 Å². The Morgan fingerprint density at radius 3 is 1.86 bits per heavy atom. The number of carbonyl (C=O) groups is 3. The van der Waals surface area contributed by atoms with Crippen molar-refractivity contribution in [2.24, 2.45) is 5.41 Å². The molecule has 12 heteroatoms. The van der Waals surface area contributed by atoms with Gasteiger partial charge in [-0.3, -0.25) is 0 Å². The molecule has 0 aliphatic carbocycles. The number of nitrogens with zero attached hydrogens (tertiary/aromatic N) is 1. The number of carbonyl (C=O) groups excluding carboxylic acids is 3. The molecule has 1 saturated heterocycles. The van der Waals surface area contributed by atoms with Crippen molar-refractivity contribution in [3.63, 3.8) is 0 Å².